The number of aromatic nitrogens is 2. The molecule has 2 saturated heterocycles. The zero-order valence-electron chi connectivity index (χ0n) is 17.9. The van der Waals surface area contributed by atoms with Gasteiger partial charge in [0.05, 0.1) is 42.2 Å². The Kier molecular flexibility index (Phi) is 5.79. The maximum atomic E-state index is 13.4. The number of piperidine rings is 1. The Bertz CT molecular complexity index is 1120. The maximum Gasteiger partial charge on any atom is 0.274 e. The van der Waals surface area contributed by atoms with Gasteiger partial charge in [-0.05, 0) is 18.9 Å². The van der Waals surface area contributed by atoms with Crippen LogP contribution in [0.2, 0.25) is 0 Å². The lowest BCUT2D eigenvalue weighted by Gasteiger charge is -2.32. The van der Waals surface area contributed by atoms with Crippen molar-refractivity contribution in [2.24, 2.45) is 0 Å². The van der Waals surface area contributed by atoms with Crippen molar-refractivity contribution in [3.05, 3.63) is 35.5 Å². The first kappa shape index (κ1) is 21.6. The number of hydrogen-bond donors (Lipinski definition) is 1. The number of benzene rings is 1. The van der Waals surface area contributed by atoms with Crippen molar-refractivity contribution in [2.45, 2.75) is 29.5 Å². The monoisotopic (exact) mass is 460 g/mol. The number of nitrogens with zero attached hydrogens (tertiary/aromatic N) is 4. The average Bonchev–Trinajstić information content (AvgIpc) is 3.18. The summed E-state index contributed by atoms with van der Waals surface area (Å²) in [4.78, 5) is 17.6. The molecule has 5 rings (SSSR count). The molecule has 0 bridgehead atoms. The molecule has 4 heterocycles. The molecule has 9 nitrogen and oxygen atoms in total. The van der Waals surface area contributed by atoms with Crippen LogP contribution in [0.4, 0.5) is 0 Å². The smallest absolute Gasteiger partial charge is 0.274 e. The summed E-state index contributed by atoms with van der Waals surface area (Å²) < 4.78 is 33.4. The van der Waals surface area contributed by atoms with Crippen molar-refractivity contribution in [1.82, 2.24) is 19.6 Å². The third-order valence-corrected chi connectivity index (χ3v) is 8.34. The highest BCUT2D eigenvalue weighted by molar-refractivity contribution is 7.90. The van der Waals surface area contributed by atoms with Crippen molar-refractivity contribution in [3.63, 3.8) is 0 Å². The van der Waals surface area contributed by atoms with Gasteiger partial charge in [0.1, 0.15) is 0 Å². The molecule has 10 heteroatoms. The third-order valence-electron chi connectivity index (χ3n) is 6.64. The highest BCUT2D eigenvalue weighted by Gasteiger charge is 2.38. The van der Waals surface area contributed by atoms with E-state index >= 15 is 0 Å². The number of morpholine rings is 1. The maximum absolute atomic E-state index is 13.4. The van der Waals surface area contributed by atoms with Crippen LogP contribution in [0.1, 0.15) is 34.9 Å². The van der Waals surface area contributed by atoms with Gasteiger partial charge in [0.2, 0.25) is 0 Å². The Morgan fingerprint density at radius 1 is 1.12 bits per heavy atom. The molecule has 172 valence electrons. The molecule has 2 aromatic rings. The van der Waals surface area contributed by atoms with E-state index in [0.717, 1.165) is 31.6 Å². The molecular formula is C22H28N4O5S. The lowest BCUT2D eigenvalue weighted by molar-refractivity contribution is 0.0297. The van der Waals surface area contributed by atoms with Crippen LogP contribution < -0.4 is 0 Å². The van der Waals surface area contributed by atoms with E-state index in [1.807, 2.05) is 16.8 Å². The van der Waals surface area contributed by atoms with Crippen molar-refractivity contribution in [1.29, 1.82) is 0 Å². The molecule has 0 atom stereocenters. The molecule has 0 radical (unpaired) electrons. The zero-order chi connectivity index (χ0) is 22.3. The summed E-state index contributed by atoms with van der Waals surface area (Å²) in [5.41, 5.74) is 2.14. The summed E-state index contributed by atoms with van der Waals surface area (Å²) in [6.45, 7) is 4.32. The Labute approximate surface area is 187 Å². The first-order chi connectivity index (χ1) is 15.5. The molecule has 1 N–H and O–H groups in total. The number of ether oxygens (including phenoxy) is 1. The lowest BCUT2D eigenvalue weighted by Crippen LogP contribution is -2.41. The minimum atomic E-state index is -3.56. The van der Waals surface area contributed by atoms with Gasteiger partial charge in [-0.3, -0.25) is 9.48 Å². The summed E-state index contributed by atoms with van der Waals surface area (Å²) >= 11 is 0. The Balaban J connectivity index is 1.59. The minimum Gasteiger partial charge on any atom is -0.395 e. The van der Waals surface area contributed by atoms with Gasteiger partial charge in [-0.1, -0.05) is 18.2 Å². The van der Waals surface area contributed by atoms with Crippen LogP contribution in [0.5, 0.6) is 0 Å². The normalized spacial score (nSPS) is 21.2. The van der Waals surface area contributed by atoms with E-state index in [2.05, 4.69) is 4.90 Å². The van der Waals surface area contributed by atoms with E-state index in [-0.39, 0.29) is 30.0 Å². The number of hydrogen-bond acceptors (Lipinski definition) is 7. The Hall–Kier alpha value is -2.27. The molecule has 0 unspecified atom stereocenters. The summed E-state index contributed by atoms with van der Waals surface area (Å²) in [5.74, 6) is -0.440. The van der Waals surface area contributed by atoms with E-state index in [1.54, 1.807) is 17.0 Å². The molecular weight excluding hydrogens is 432 g/mol. The molecule has 3 aliphatic heterocycles. The lowest BCUT2D eigenvalue weighted by atomic mass is 10.0. The van der Waals surface area contributed by atoms with Gasteiger partial charge in [0.15, 0.2) is 15.5 Å². The first-order valence-corrected chi connectivity index (χ1v) is 12.8. The predicted octanol–water partition coefficient (Wildman–Crippen LogP) is 0.939. The average molecular weight is 461 g/mol. The summed E-state index contributed by atoms with van der Waals surface area (Å²) in [7, 11) is -3.56. The topological polar surface area (TPSA) is 105 Å². The number of aliphatic hydroxyl groups excluding tert-OH is 1. The van der Waals surface area contributed by atoms with Crippen molar-refractivity contribution in [3.8, 4) is 11.3 Å². The number of amides is 1. The second kappa shape index (κ2) is 8.58. The van der Waals surface area contributed by atoms with Crippen LogP contribution >= 0.6 is 0 Å². The number of carbonyl (C=O) groups excluding carboxylic acids is 1. The van der Waals surface area contributed by atoms with Crippen molar-refractivity contribution >= 4 is 15.7 Å². The van der Waals surface area contributed by atoms with Crippen LogP contribution in [0.15, 0.2) is 29.2 Å². The van der Waals surface area contributed by atoms with E-state index < -0.39 is 9.84 Å². The second-order valence-corrected chi connectivity index (χ2v) is 10.5. The van der Waals surface area contributed by atoms with Crippen LogP contribution in [0, 0.1) is 0 Å². The molecule has 1 aromatic carbocycles. The van der Waals surface area contributed by atoms with Gasteiger partial charge in [0.25, 0.3) is 5.91 Å². The largest absolute Gasteiger partial charge is 0.395 e. The molecule has 0 aliphatic carbocycles. The van der Waals surface area contributed by atoms with Gasteiger partial charge < -0.3 is 19.6 Å². The first-order valence-electron chi connectivity index (χ1n) is 11.1. The number of likely N-dealkylation sites (tertiary alicyclic amines) is 1. The number of β-amino-alcohol motifs (C(OH)–C–C–N with tert-alkyl or cyclic N) is 1. The number of rotatable bonds is 4. The fourth-order valence-corrected chi connectivity index (χ4v) is 6.57. The van der Waals surface area contributed by atoms with E-state index in [1.165, 1.54) is 0 Å². The zero-order valence-corrected chi connectivity index (χ0v) is 18.8. The standard InChI is InChI=1S/C22H28N4O5S/c27-12-9-24-7-5-16(6-8-24)26-21-17-3-1-2-4-19(17)32(29,30)15-18(21)20(23-26)22(28)25-10-13-31-14-11-25/h1-4,16,27H,5-15H2. The number of fused-ring (bicyclic) bond motifs is 3. The SMILES string of the molecule is O=C(c1nn(C2CCN(CCO)CC2)c2c1CS(=O)(=O)c1ccccc1-2)N1CCOCC1. The molecule has 32 heavy (non-hydrogen) atoms. The summed E-state index contributed by atoms with van der Waals surface area (Å²) in [5, 5.41) is 14.0. The van der Waals surface area contributed by atoms with Gasteiger partial charge in [-0.25, -0.2) is 8.42 Å². The van der Waals surface area contributed by atoms with Crippen LogP contribution in [-0.4, -0.2) is 91.6 Å². The highest BCUT2D eigenvalue weighted by Crippen LogP contribution is 2.42. The Morgan fingerprint density at radius 3 is 2.56 bits per heavy atom. The van der Waals surface area contributed by atoms with Gasteiger partial charge in [-0.2, -0.15) is 5.10 Å². The van der Waals surface area contributed by atoms with E-state index in [9.17, 15) is 18.3 Å². The van der Waals surface area contributed by atoms with E-state index in [0.29, 0.717) is 48.9 Å². The summed E-state index contributed by atoms with van der Waals surface area (Å²) in [6.07, 6.45) is 1.66. The number of sulfone groups is 1. The fraction of sp³-hybridized carbons (Fsp3) is 0.545. The van der Waals surface area contributed by atoms with E-state index in [4.69, 9.17) is 9.84 Å². The molecule has 3 aliphatic rings. The van der Waals surface area contributed by atoms with Crippen LogP contribution in [-0.2, 0) is 20.3 Å². The molecule has 1 amide bonds. The van der Waals surface area contributed by atoms with Gasteiger partial charge >= 0.3 is 0 Å². The molecule has 2 fully saturated rings. The molecule has 1 aromatic heterocycles. The van der Waals surface area contributed by atoms with Gasteiger partial charge in [0, 0.05) is 43.9 Å². The summed E-state index contributed by atoms with van der Waals surface area (Å²) in [6, 6.07) is 7.08. The third kappa shape index (κ3) is 3.75. The quantitative estimate of drug-likeness (QED) is 0.724. The van der Waals surface area contributed by atoms with Crippen LogP contribution in [0.3, 0.4) is 0 Å². The van der Waals surface area contributed by atoms with Crippen LogP contribution in [0.25, 0.3) is 11.3 Å². The van der Waals surface area contributed by atoms with Gasteiger partial charge in [-0.15, -0.1) is 0 Å². The van der Waals surface area contributed by atoms with Crippen molar-refractivity contribution < 1.29 is 23.1 Å². The second-order valence-electron chi connectivity index (χ2n) is 8.58. The van der Waals surface area contributed by atoms with Crippen molar-refractivity contribution in [2.75, 3.05) is 52.5 Å². The fourth-order valence-electron chi connectivity index (χ4n) is 4.97. The molecule has 0 saturated carbocycles. The number of carbonyl (C=O) groups is 1. The Morgan fingerprint density at radius 2 is 1.84 bits per heavy atom. The number of aliphatic hydroxyl groups is 1. The predicted molar refractivity (Wildman–Crippen MR) is 117 cm³/mol. The highest BCUT2D eigenvalue weighted by atomic mass is 32.2. The minimum absolute atomic E-state index is 0.0683. The molecule has 0 spiro atoms.